The lowest BCUT2D eigenvalue weighted by Gasteiger charge is -2.09. The first-order valence-electron chi connectivity index (χ1n) is 7.09. The number of nitrogens with one attached hydrogen (secondary N) is 1. The minimum atomic E-state index is -0.453. The first-order valence-corrected chi connectivity index (χ1v) is 7.09. The van der Waals surface area contributed by atoms with Crippen LogP contribution in [0.5, 0.6) is 0 Å². The van der Waals surface area contributed by atoms with E-state index in [-0.39, 0.29) is 11.4 Å². The van der Waals surface area contributed by atoms with E-state index >= 15 is 0 Å². The SMILES string of the molecule is Cc1cccc(-c2cc(-c3ccc(F)cc3)[nH]c(=O)c2C#N)c1. The van der Waals surface area contributed by atoms with Crippen molar-refractivity contribution in [2.75, 3.05) is 0 Å². The third-order valence-electron chi connectivity index (χ3n) is 3.63. The Morgan fingerprint density at radius 3 is 2.43 bits per heavy atom. The molecule has 0 spiro atoms. The summed E-state index contributed by atoms with van der Waals surface area (Å²) in [5, 5.41) is 9.31. The summed E-state index contributed by atoms with van der Waals surface area (Å²) in [5.41, 5.74) is 3.25. The summed E-state index contributed by atoms with van der Waals surface area (Å²) in [7, 11) is 0. The van der Waals surface area contributed by atoms with Crippen LogP contribution >= 0.6 is 0 Å². The smallest absolute Gasteiger partial charge is 0.266 e. The van der Waals surface area contributed by atoms with E-state index in [4.69, 9.17) is 0 Å². The summed E-state index contributed by atoms with van der Waals surface area (Å²) in [6, 6.07) is 17.2. The van der Waals surface area contributed by atoms with Gasteiger partial charge in [-0.25, -0.2) is 4.39 Å². The lowest BCUT2D eigenvalue weighted by Crippen LogP contribution is -2.12. The van der Waals surface area contributed by atoms with Crippen molar-refractivity contribution in [1.29, 1.82) is 5.26 Å². The van der Waals surface area contributed by atoms with Crippen molar-refractivity contribution in [2.24, 2.45) is 0 Å². The topological polar surface area (TPSA) is 56.6 Å². The maximum absolute atomic E-state index is 13.1. The van der Waals surface area contributed by atoms with Gasteiger partial charge in [0, 0.05) is 11.3 Å². The zero-order valence-electron chi connectivity index (χ0n) is 12.4. The second-order valence-electron chi connectivity index (χ2n) is 5.29. The van der Waals surface area contributed by atoms with Gasteiger partial charge in [-0.1, -0.05) is 29.8 Å². The Bertz CT molecular complexity index is 966. The van der Waals surface area contributed by atoms with Gasteiger partial charge in [-0.2, -0.15) is 5.26 Å². The molecule has 0 unspecified atom stereocenters. The lowest BCUT2D eigenvalue weighted by atomic mass is 9.98. The van der Waals surface area contributed by atoms with Crippen LogP contribution in [0.1, 0.15) is 11.1 Å². The summed E-state index contributed by atoms with van der Waals surface area (Å²) < 4.78 is 13.1. The van der Waals surface area contributed by atoms with E-state index in [0.717, 1.165) is 11.1 Å². The Hall–Kier alpha value is -3.19. The van der Waals surface area contributed by atoms with Crippen LogP contribution in [-0.4, -0.2) is 4.98 Å². The summed E-state index contributed by atoms with van der Waals surface area (Å²) in [6.07, 6.45) is 0. The number of rotatable bonds is 2. The number of benzene rings is 2. The third kappa shape index (κ3) is 2.90. The fourth-order valence-electron chi connectivity index (χ4n) is 2.50. The Labute approximate surface area is 132 Å². The van der Waals surface area contributed by atoms with Crippen LogP contribution in [0, 0.1) is 24.1 Å². The van der Waals surface area contributed by atoms with Crippen LogP contribution < -0.4 is 5.56 Å². The van der Waals surface area contributed by atoms with Crippen molar-refractivity contribution in [3.8, 4) is 28.5 Å². The average Bonchev–Trinajstić information content (AvgIpc) is 2.55. The number of hydrogen-bond acceptors (Lipinski definition) is 2. The molecule has 23 heavy (non-hydrogen) atoms. The van der Waals surface area contributed by atoms with Gasteiger partial charge in [0.25, 0.3) is 5.56 Å². The lowest BCUT2D eigenvalue weighted by molar-refractivity contribution is 0.628. The van der Waals surface area contributed by atoms with Crippen LogP contribution in [0.3, 0.4) is 0 Å². The van der Waals surface area contributed by atoms with Crippen LogP contribution in [-0.2, 0) is 0 Å². The number of pyridine rings is 1. The van der Waals surface area contributed by atoms with Gasteiger partial charge in [0.1, 0.15) is 17.4 Å². The molecule has 112 valence electrons. The molecule has 3 nitrogen and oxygen atoms in total. The molecule has 0 aliphatic rings. The Balaban J connectivity index is 2.24. The molecule has 4 heteroatoms. The first kappa shape index (κ1) is 14.7. The van der Waals surface area contributed by atoms with Crippen LogP contribution in [0.15, 0.2) is 59.4 Å². The molecule has 0 aliphatic heterocycles. The molecule has 0 bridgehead atoms. The van der Waals surface area contributed by atoms with E-state index in [9.17, 15) is 14.4 Å². The van der Waals surface area contributed by atoms with Gasteiger partial charge >= 0.3 is 0 Å². The summed E-state index contributed by atoms with van der Waals surface area (Å²) >= 11 is 0. The first-order chi connectivity index (χ1) is 11.1. The number of H-pyrrole nitrogens is 1. The molecular weight excluding hydrogens is 291 g/mol. The number of nitrogens with zero attached hydrogens (tertiary/aromatic N) is 1. The minimum Gasteiger partial charge on any atom is -0.321 e. The number of aryl methyl sites for hydroxylation is 1. The highest BCUT2D eigenvalue weighted by atomic mass is 19.1. The maximum Gasteiger partial charge on any atom is 0.266 e. The second kappa shape index (κ2) is 5.90. The van der Waals surface area contributed by atoms with Crippen molar-refractivity contribution in [1.82, 2.24) is 4.98 Å². The normalized spacial score (nSPS) is 10.3. The zero-order chi connectivity index (χ0) is 16.4. The van der Waals surface area contributed by atoms with Crippen molar-refractivity contribution in [3.05, 3.63) is 81.9 Å². The molecule has 0 radical (unpaired) electrons. The highest BCUT2D eigenvalue weighted by Gasteiger charge is 2.12. The molecule has 0 amide bonds. The van der Waals surface area contributed by atoms with E-state index in [1.54, 1.807) is 18.2 Å². The molecule has 3 aromatic rings. The predicted molar refractivity (Wildman–Crippen MR) is 87.3 cm³/mol. The molecule has 0 saturated carbocycles. The molecule has 1 heterocycles. The molecule has 0 aliphatic carbocycles. The van der Waals surface area contributed by atoms with E-state index in [1.165, 1.54) is 12.1 Å². The molecule has 1 aromatic heterocycles. The van der Waals surface area contributed by atoms with E-state index < -0.39 is 5.56 Å². The van der Waals surface area contributed by atoms with Gasteiger partial charge in [0.15, 0.2) is 0 Å². The number of halogens is 1. The highest BCUT2D eigenvalue weighted by molar-refractivity contribution is 5.75. The van der Waals surface area contributed by atoms with Gasteiger partial charge in [0.2, 0.25) is 0 Å². The van der Waals surface area contributed by atoms with Crippen LogP contribution in [0.25, 0.3) is 22.4 Å². The molecule has 1 N–H and O–H groups in total. The third-order valence-corrected chi connectivity index (χ3v) is 3.63. The van der Waals surface area contributed by atoms with Gasteiger partial charge in [0.05, 0.1) is 0 Å². The predicted octanol–water partition coefficient (Wildman–Crippen LogP) is 4.03. The Kier molecular flexibility index (Phi) is 3.78. The van der Waals surface area contributed by atoms with E-state index in [2.05, 4.69) is 4.98 Å². The minimum absolute atomic E-state index is 0.0708. The highest BCUT2D eigenvalue weighted by Crippen LogP contribution is 2.26. The number of aromatic nitrogens is 1. The number of hydrogen-bond donors (Lipinski definition) is 1. The van der Waals surface area contributed by atoms with Gasteiger partial charge < -0.3 is 4.98 Å². The number of nitriles is 1. The molecule has 0 atom stereocenters. The quantitative estimate of drug-likeness (QED) is 0.777. The monoisotopic (exact) mass is 304 g/mol. The Morgan fingerprint density at radius 1 is 1.04 bits per heavy atom. The zero-order valence-corrected chi connectivity index (χ0v) is 12.4. The van der Waals surface area contributed by atoms with E-state index in [0.29, 0.717) is 16.8 Å². The summed E-state index contributed by atoms with van der Waals surface area (Å²) in [5.74, 6) is -0.344. The summed E-state index contributed by atoms with van der Waals surface area (Å²) in [6.45, 7) is 1.95. The summed E-state index contributed by atoms with van der Waals surface area (Å²) in [4.78, 5) is 14.9. The largest absolute Gasteiger partial charge is 0.321 e. The molecule has 3 rings (SSSR count). The van der Waals surface area contributed by atoms with Gasteiger partial charge in [-0.3, -0.25) is 4.79 Å². The fourth-order valence-corrected chi connectivity index (χ4v) is 2.50. The standard InChI is InChI=1S/C19H13FN2O/c1-12-3-2-4-14(9-12)16-10-18(22-19(23)17(16)11-21)13-5-7-15(20)8-6-13/h2-10H,1H3,(H,22,23). The van der Waals surface area contributed by atoms with Gasteiger partial charge in [-0.05, 0) is 48.4 Å². The van der Waals surface area contributed by atoms with Crippen molar-refractivity contribution in [3.63, 3.8) is 0 Å². The maximum atomic E-state index is 13.1. The van der Waals surface area contributed by atoms with Crippen molar-refractivity contribution >= 4 is 0 Å². The molecular formula is C19H13FN2O. The van der Waals surface area contributed by atoms with Crippen molar-refractivity contribution in [2.45, 2.75) is 6.92 Å². The van der Waals surface area contributed by atoms with Crippen LogP contribution in [0.2, 0.25) is 0 Å². The molecule has 2 aromatic carbocycles. The molecule has 0 saturated heterocycles. The van der Waals surface area contributed by atoms with Crippen molar-refractivity contribution < 1.29 is 4.39 Å². The average molecular weight is 304 g/mol. The van der Waals surface area contributed by atoms with Gasteiger partial charge in [-0.15, -0.1) is 0 Å². The molecule has 0 fully saturated rings. The van der Waals surface area contributed by atoms with E-state index in [1.807, 2.05) is 37.3 Å². The van der Waals surface area contributed by atoms with Crippen LogP contribution in [0.4, 0.5) is 4.39 Å². The second-order valence-corrected chi connectivity index (χ2v) is 5.29. The fraction of sp³-hybridized carbons (Fsp3) is 0.0526. The Morgan fingerprint density at radius 2 is 1.78 bits per heavy atom. The number of aromatic amines is 1.